The van der Waals surface area contributed by atoms with Gasteiger partial charge in [-0.2, -0.15) is 0 Å². The predicted octanol–water partition coefficient (Wildman–Crippen LogP) is 4.46. The third-order valence-electron chi connectivity index (χ3n) is 5.69. The molecule has 1 aromatic heterocycles. The molecular weight excluding hydrogens is 344 g/mol. The lowest BCUT2D eigenvalue weighted by molar-refractivity contribution is -0.138. The Kier molecular flexibility index (Phi) is 4.90. The van der Waals surface area contributed by atoms with Gasteiger partial charge in [0.15, 0.2) is 0 Å². The summed E-state index contributed by atoms with van der Waals surface area (Å²) < 4.78 is 5.25. The number of benzene rings is 1. The highest BCUT2D eigenvalue weighted by atomic mass is 32.1. The van der Waals surface area contributed by atoms with E-state index in [2.05, 4.69) is 21.7 Å². The van der Waals surface area contributed by atoms with Gasteiger partial charge in [-0.1, -0.05) is 19.3 Å². The standard InChI is InChI=1S/C21H26N2O2S/c1-25-18-7-5-17(6-8-18)22-21(11-3-2-4-12-21)20(24)23-13-9-19-16(15-23)10-14-26-19/h5-8,10,14,22H,2-4,9,11-13,15H2,1H3. The van der Waals surface area contributed by atoms with Gasteiger partial charge in [0.2, 0.25) is 5.91 Å². The lowest BCUT2D eigenvalue weighted by Crippen LogP contribution is -2.55. The van der Waals surface area contributed by atoms with Crippen molar-refractivity contribution in [3.05, 3.63) is 46.2 Å². The van der Waals surface area contributed by atoms with E-state index < -0.39 is 5.54 Å². The molecule has 0 radical (unpaired) electrons. The second kappa shape index (κ2) is 7.31. The Morgan fingerprint density at radius 1 is 1.15 bits per heavy atom. The van der Waals surface area contributed by atoms with E-state index in [0.29, 0.717) is 0 Å². The molecule has 26 heavy (non-hydrogen) atoms. The monoisotopic (exact) mass is 370 g/mol. The van der Waals surface area contributed by atoms with E-state index in [9.17, 15) is 4.79 Å². The fraction of sp³-hybridized carbons (Fsp3) is 0.476. The Balaban J connectivity index is 1.56. The molecule has 1 N–H and O–H groups in total. The lowest BCUT2D eigenvalue weighted by atomic mass is 9.80. The zero-order chi connectivity index (χ0) is 18.0. The summed E-state index contributed by atoms with van der Waals surface area (Å²) in [6.45, 7) is 1.59. The van der Waals surface area contributed by atoms with Gasteiger partial charge < -0.3 is 15.0 Å². The molecule has 0 bridgehead atoms. The van der Waals surface area contributed by atoms with Crippen LogP contribution >= 0.6 is 11.3 Å². The van der Waals surface area contributed by atoms with Crippen LogP contribution in [0.4, 0.5) is 5.69 Å². The average molecular weight is 371 g/mol. The summed E-state index contributed by atoms with van der Waals surface area (Å²) in [4.78, 5) is 17.1. The first-order valence-corrected chi connectivity index (χ1v) is 10.3. The number of nitrogens with zero attached hydrogens (tertiary/aromatic N) is 1. The summed E-state index contributed by atoms with van der Waals surface area (Å²) in [5.74, 6) is 1.10. The first-order valence-electron chi connectivity index (χ1n) is 9.47. The number of amides is 1. The van der Waals surface area contributed by atoms with Crippen molar-refractivity contribution in [3.8, 4) is 5.75 Å². The third-order valence-corrected chi connectivity index (χ3v) is 6.71. The summed E-state index contributed by atoms with van der Waals surface area (Å²) >= 11 is 1.81. The molecule has 1 aliphatic carbocycles. The molecule has 0 atom stereocenters. The fourth-order valence-electron chi connectivity index (χ4n) is 4.22. The number of anilines is 1. The number of hydrogen-bond acceptors (Lipinski definition) is 4. The predicted molar refractivity (Wildman–Crippen MR) is 106 cm³/mol. The number of fused-ring (bicyclic) bond motifs is 1. The molecule has 0 unspecified atom stereocenters. The smallest absolute Gasteiger partial charge is 0.248 e. The van der Waals surface area contributed by atoms with E-state index in [0.717, 1.165) is 56.6 Å². The van der Waals surface area contributed by atoms with Crippen molar-refractivity contribution >= 4 is 22.9 Å². The van der Waals surface area contributed by atoms with Gasteiger partial charge in [-0.25, -0.2) is 0 Å². The van der Waals surface area contributed by atoms with Crippen LogP contribution in [0, 0.1) is 0 Å². The van der Waals surface area contributed by atoms with Crippen LogP contribution in [0.15, 0.2) is 35.7 Å². The first kappa shape index (κ1) is 17.4. The van der Waals surface area contributed by atoms with E-state index >= 15 is 0 Å². The number of rotatable bonds is 4. The number of carbonyl (C=O) groups excluding carboxylic acids is 1. The van der Waals surface area contributed by atoms with Gasteiger partial charge in [0.1, 0.15) is 11.3 Å². The Morgan fingerprint density at radius 3 is 2.65 bits per heavy atom. The van der Waals surface area contributed by atoms with Crippen LogP contribution in [-0.4, -0.2) is 30.0 Å². The molecule has 1 saturated carbocycles. The number of hydrogen-bond donors (Lipinski definition) is 1. The molecule has 5 heteroatoms. The highest BCUT2D eigenvalue weighted by Crippen LogP contribution is 2.35. The second-order valence-electron chi connectivity index (χ2n) is 7.34. The van der Waals surface area contributed by atoms with Crippen molar-refractivity contribution in [1.29, 1.82) is 0 Å². The van der Waals surface area contributed by atoms with E-state index in [4.69, 9.17) is 4.74 Å². The maximum Gasteiger partial charge on any atom is 0.248 e. The Bertz CT molecular complexity index is 763. The zero-order valence-electron chi connectivity index (χ0n) is 15.3. The molecule has 1 aliphatic heterocycles. The van der Waals surface area contributed by atoms with Crippen molar-refractivity contribution < 1.29 is 9.53 Å². The summed E-state index contributed by atoms with van der Waals surface area (Å²) in [7, 11) is 1.67. The van der Waals surface area contributed by atoms with Crippen molar-refractivity contribution in [1.82, 2.24) is 4.90 Å². The molecule has 2 aliphatic rings. The summed E-state index contributed by atoms with van der Waals surface area (Å²) in [5.41, 5.74) is 1.85. The summed E-state index contributed by atoms with van der Waals surface area (Å²) in [6.07, 6.45) is 6.22. The van der Waals surface area contributed by atoms with Crippen molar-refractivity contribution in [3.63, 3.8) is 0 Å². The van der Waals surface area contributed by atoms with Gasteiger partial charge in [0.05, 0.1) is 7.11 Å². The number of carbonyl (C=O) groups is 1. The molecule has 1 fully saturated rings. The molecule has 138 valence electrons. The largest absolute Gasteiger partial charge is 0.497 e. The molecule has 4 nitrogen and oxygen atoms in total. The van der Waals surface area contributed by atoms with Crippen LogP contribution in [0.2, 0.25) is 0 Å². The molecule has 0 saturated heterocycles. The summed E-state index contributed by atoms with van der Waals surface area (Å²) in [6, 6.07) is 10.1. The maximum atomic E-state index is 13.6. The SMILES string of the molecule is COc1ccc(NC2(C(=O)N3CCc4sccc4C3)CCCCC2)cc1. The third kappa shape index (κ3) is 3.32. The van der Waals surface area contributed by atoms with Crippen LogP contribution in [-0.2, 0) is 17.8 Å². The molecule has 1 amide bonds. The molecule has 4 rings (SSSR count). The van der Waals surface area contributed by atoms with Gasteiger partial charge in [-0.15, -0.1) is 11.3 Å². The minimum Gasteiger partial charge on any atom is -0.497 e. The molecule has 2 aromatic rings. The number of methoxy groups -OCH3 is 1. The van der Waals surface area contributed by atoms with Gasteiger partial charge in [-0.05, 0) is 60.5 Å². The number of thiophene rings is 1. The number of ether oxygens (including phenoxy) is 1. The number of nitrogens with one attached hydrogen (secondary N) is 1. The van der Waals surface area contributed by atoms with Gasteiger partial charge in [0.25, 0.3) is 0 Å². The summed E-state index contributed by atoms with van der Waals surface area (Å²) in [5, 5.41) is 5.76. The molecule has 0 spiro atoms. The van der Waals surface area contributed by atoms with Crippen molar-refractivity contribution in [2.75, 3.05) is 19.0 Å². The van der Waals surface area contributed by atoms with Crippen LogP contribution < -0.4 is 10.1 Å². The van der Waals surface area contributed by atoms with Gasteiger partial charge in [0, 0.05) is 23.7 Å². The van der Waals surface area contributed by atoms with Crippen LogP contribution in [0.5, 0.6) is 5.75 Å². The normalized spacial score (nSPS) is 18.9. The Morgan fingerprint density at radius 2 is 1.92 bits per heavy atom. The quantitative estimate of drug-likeness (QED) is 0.864. The molecule has 2 heterocycles. The van der Waals surface area contributed by atoms with E-state index in [1.54, 1.807) is 7.11 Å². The van der Waals surface area contributed by atoms with Crippen molar-refractivity contribution in [2.24, 2.45) is 0 Å². The van der Waals surface area contributed by atoms with Gasteiger partial charge in [-0.3, -0.25) is 4.79 Å². The average Bonchev–Trinajstić information content (AvgIpc) is 3.16. The highest BCUT2D eigenvalue weighted by molar-refractivity contribution is 7.10. The highest BCUT2D eigenvalue weighted by Gasteiger charge is 2.42. The minimum atomic E-state index is -0.472. The van der Waals surface area contributed by atoms with E-state index in [1.165, 1.54) is 16.9 Å². The lowest BCUT2D eigenvalue weighted by Gasteiger charge is -2.42. The van der Waals surface area contributed by atoms with Crippen LogP contribution in [0.1, 0.15) is 42.5 Å². The van der Waals surface area contributed by atoms with Crippen molar-refractivity contribution in [2.45, 2.75) is 50.6 Å². The first-order chi connectivity index (χ1) is 12.7. The van der Waals surface area contributed by atoms with Gasteiger partial charge >= 0.3 is 0 Å². The zero-order valence-corrected chi connectivity index (χ0v) is 16.1. The minimum absolute atomic E-state index is 0.268. The molecule has 1 aromatic carbocycles. The Labute approximate surface area is 159 Å². The Hall–Kier alpha value is -2.01. The van der Waals surface area contributed by atoms with E-state index in [-0.39, 0.29) is 5.91 Å². The molecular formula is C21H26N2O2S. The topological polar surface area (TPSA) is 41.6 Å². The second-order valence-corrected chi connectivity index (χ2v) is 8.34. The van der Waals surface area contributed by atoms with Crippen LogP contribution in [0.25, 0.3) is 0 Å². The van der Waals surface area contributed by atoms with Crippen LogP contribution in [0.3, 0.4) is 0 Å². The maximum absolute atomic E-state index is 13.6. The van der Waals surface area contributed by atoms with E-state index in [1.807, 2.05) is 35.6 Å². The fourth-order valence-corrected chi connectivity index (χ4v) is 5.11.